The van der Waals surface area contributed by atoms with Crippen molar-refractivity contribution >= 4 is 52.1 Å². The summed E-state index contributed by atoms with van der Waals surface area (Å²) in [4.78, 5) is 42.4. The third-order valence-electron chi connectivity index (χ3n) is 6.59. The van der Waals surface area contributed by atoms with Crippen LogP contribution in [0.3, 0.4) is 0 Å². The molecule has 0 atom stereocenters. The van der Waals surface area contributed by atoms with Gasteiger partial charge in [0.15, 0.2) is 0 Å². The molecule has 1 fully saturated rings. The van der Waals surface area contributed by atoms with Gasteiger partial charge in [-0.2, -0.15) is 0 Å². The van der Waals surface area contributed by atoms with Crippen molar-refractivity contribution in [1.29, 1.82) is 0 Å². The van der Waals surface area contributed by atoms with Crippen LogP contribution in [0.5, 0.6) is 5.75 Å². The van der Waals surface area contributed by atoms with E-state index in [1.54, 1.807) is 36.4 Å². The smallest absolute Gasteiger partial charge is 0.283 e. The number of hydrogen-bond acceptors (Lipinski definition) is 6. The Morgan fingerprint density at radius 1 is 0.921 bits per heavy atom. The van der Waals surface area contributed by atoms with Gasteiger partial charge in [-0.25, -0.2) is 4.90 Å². The number of aryl methyl sites for hydroxylation is 1. The maximum Gasteiger partial charge on any atom is 0.283 e. The Balaban J connectivity index is 1.31. The lowest BCUT2D eigenvalue weighted by molar-refractivity contribution is -0.120. The molecule has 3 aromatic rings. The first kappa shape index (κ1) is 25.4. The topological polar surface area (TPSA) is 91.0 Å². The van der Waals surface area contributed by atoms with Gasteiger partial charge in [0, 0.05) is 35.7 Å². The fraction of sp³-hybridized carbons (Fsp3) is 0.207. The molecule has 0 saturated carbocycles. The van der Waals surface area contributed by atoms with Crippen molar-refractivity contribution in [3.63, 3.8) is 0 Å². The van der Waals surface area contributed by atoms with Crippen LogP contribution in [0.25, 0.3) is 0 Å². The first-order valence-electron chi connectivity index (χ1n) is 12.3. The maximum absolute atomic E-state index is 13.3. The summed E-state index contributed by atoms with van der Waals surface area (Å²) in [6.07, 6.45) is 2.39. The Bertz CT molecular complexity index is 1450. The molecule has 8 nitrogen and oxygen atoms in total. The summed E-state index contributed by atoms with van der Waals surface area (Å²) in [5.74, 6) is -1.20. The third-order valence-corrected chi connectivity index (χ3v) is 6.94. The quantitative estimate of drug-likeness (QED) is 0.403. The summed E-state index contributed by atoms with van der Waals surface area (Å²) in [7, 11) is 1.46. The number of methoxy groups -OCH3 is 1. The molecule has 2 aliphatic heterocycles. The second kappa shape index (κ2) is 10.6. The van der Waals surface area contributed by atoms with Crippen molar-refractivity contribution < 1.29 is 19.1 Å². The van der Waals surface area contributed by atoms with Crippen LogP contribution in [0.1, 0.15) is 28.8 Å². The van der Waals surface area contributed by atoms with Gasteiger partial charge in [0.1, 0.15) is 16.5 Å². The second-order valence-electron chi connectivity index (χ2n) is 9.21. The minimum Gasteiger partial charge on any atom is -0.495 e. The highest BCUT2D eigenvalue weighted by molar-refractivity contribution is 6.53. The average molecular weight is 531 g/mol. The van der Waals surface area contributed by atoms with Gasteiger partial charge in [0.25, 0.3) is 17.7 Å². The molecule has 2 N–H and O–H groups in total. The van der Waals surface area contributed by atoms with Crippen LogP contribution in [0.15, 0.2) is 77.5 Å². The van der Waals surface area contributed by atoms with Crippen molar-refractivity contribution in [3.05, 3.63) is 88.6 Å². The number of benzene rings is 3. The highest BCUT2D eigenvalue weighted by atomic mass is 35.5. The third kappa shape index (κ3) is 4.95. The zero-order chi connectivity index (χ0) is 26.8. The predicted molar refractivity (Wildman–Crippen MR) is 149 cm³/mol. The van der Waals surface area contributed by atoms with E-state index in [0.717, 1.165) is 29.2 Å². The van der Waals surface area contributed by atoms with E-state index in [1.807, 2.05) is 37.3 Å². The molecule has 0 aliphatic carbocycles. The number of hydrogen-bond donors (Lipinski definition) is 2. The largest absolute Gasteiger partial charge is 0.495 e. The van der Waals surface area contributed by atoms with E-state index < -0.39 is 11.8 Å². The van der Waals surface area contributed by atoms with E-state index >= 15 is 0 Å². The van der Waals surface area contributed by atoms with Crippen molar-refractivity contribution in [1.82, 2.24) is 0 Å². The Kier molecular flexibility index (Phi) is 7.07. The van der Waals surface area contributed by atoms with E-state index in [9.17, 15) is 14.4 Å². The summed E-state index contributed by atoms with van der Waals surface area (Å²) < 4.78 is 5.35. The van der Waals surface area contributed by atoms with Gasteiger partial charge in [-0.15, -0.1) is 0 Å². The number of carbonyl (C=O) groups is 3. The first-order valence-corrected chi connectivity index (χ1v) is 12.7. The summed E-state index contributed by atoms with van der Waals surface area (Å²) in [5.41, 5.74) is 3.73. The highest BCUT2D eigenvalue weighted by Gasteiger charge is 2.40. The van der Waals surface area contributed by atoms with Crippen LogP contribution in [-0.4, -0.2) is 37.9 Å². The van der Waals surface area contributed by atoms with Crippen molar-refractivity contribution in [2.45, 2.75) is 19.8 Å². The number of nitrogens with one attached hydrogen (secondary N) is 2. The summed E-state index contributed by atoms with van der Waals surface area (Å²) >= 11 is 6.30. The number of amides is 3. The lowest BCUT2D eigenvalue weighted by atomic mass is 10.1. The molecule has 9 heteroatoms. The molecular weight excluding hydrogens is 504 g/mol. The van der Waals surface area contributed by atoms with Crippen molar-refractivity contribution in [2.75, 3.05) is 40.6 Å². The van der Waals surface area contributed by atoms with Crippen LogP contribution in [0, 0.1) is 6.92 Å². The molecule has 38 heavy (non-hydrogen) atoms. The zero-order valence-electron chi connectivity index (χ0n) is 21.1. The lowest BCUT2D eigenvalue weighted by Crippen LogP contribution is -2.32. The van der Waals surface area contributed by atoms with Gasteiger partial charge in [0.05, 0.1) is 12.8 Å². The van der Waals surface area contributed by atoms with E-state index in [0.29, 0.717) is 28.4 Å². The molecule has 0 bridgehead atoms. The number of halogens is 1. The van der Waals surface area contributed by atoms with Gasteiger partial charge >= 0.3 is 0 Å². The molecule has 3 aromatic carbocycles. The fourth-order valence-electron chi connectivity index (χ4n) is 4.62. The number of ether oxygens (including phenoxy) is 1. The van der Waals surface area contributed by atoms with Crippen molar-refractivity contribution in [2.24, 2.45) is 0 Å². The van der Waals surface area contributed by atoms with Crippen LogP contribution >= 0.6 is 11.6 Å². The Labute approximate surface area is 225 Å². The van der Waals surface area contributed by atoms with Gasteiger partial charge in [-0.1, -0.05) is 23.7 Å². The number of rotatable bonds is 7. The monoisotopic (exact) mass is 530 g/mol. The van der Waals surface area contributed by atoms with Crippen LogP contribution in [-0.2, 0) is 9.59 Å². The standard InChI is InChI=1S/C29H27ClN4O4/c1-18-8-13-24(38-2)23(16-18)34-28(36)25(30)26(29(34)37)31-21-7-5-6-19(17-21)27(35)32-20-9-11-22(12-10-20)33-14-3-4-15-33/h5-13,16-17,31H,3-4,14-15H2,1-2H3,(H,32,35). The molecular formula is C29H27ClN4O4. The van der Waals surface area contributed by atoms with E-state index in [1.165, 1.54) is 20.0 Å². The van der Waals surface area contributed by atoms with Crippen LogP contribution in [0.2, 0.25) is 0 Å². The molecule has 2 heterocycles. The molecule has 0 radical (unpaired) electrons. The molecule has 0 unspecified atom stereocenters. The molecule has 0 aromatic heterocycles. The van der Waals surface area contributed by atoms with Crippen molar-refractivity contribution in [3.8, 4) is 5.75 Å². The average Bonchev–Trinajstić information content (AvgIpc) is 3.53. The molecule has 5 rings (SSSR count). The normalized spacial score (nSPS) is 15.3. The molecule has 3 amide bonds. The summed E-state index contributed by atoms with van der Waals surface area (Å²) in [6, 6.07) is 19.6. The van der Waals surface area contributed by atoms with Crippen LogP contribution < -0.4 is 25.2 Å². The lowest BCUT2D eigenvalue weighted by Gasteiger charge is -2.18. The van der Waals surface area contributed by atoms with Crippen LogP contribution in [0.4, 0.5) is 22.7 Å². The Morgan fingerprint density at radius 3 is 2.37 bits per heavy atom. The summed E-state index contributed by atoms with van der Waals surface area (Å²) in [6.45, 7) is 3.95. The Hall–Kier alpha value is -4.30. The van der Waals surface area contributed by atoms with Gasteiger partial charge in [0.2, 0.25) is 0 Å². The first-order chi connectivity index (χ1) is 18.4. The number of nitrogens with zero attached hydrogens (tertiary/aromatic N) is 2. The minimum absolute atomic E-state index is 0.0738. The van der Waals surface area contributed by atoms with Gasteiger partial charge in [-0.05, 0) is 79.9 Å². The fourth-order valence-corrected chi connectivity index (χ4v) is 4.83. The second-order valence-corrected chi connectivity index (χ2v) is 9.59. The number of anilines is 4. The van der Waals surface area contributed by atoms with Gasteiger partial charge < -0.3 is 20.3 Å². The predicted octanol–water partition coefficient (Wildman–Crippen LogP) is 5.29. The maximum atomic E-state index is 13.3. The SMILES string of the molecule is COc1ccc(C)cc1N1C(=O)C(Cl)=C(Nc2cccc(C(=O)Nc3ccc(N4CCCC4)cc3)c2)C1=O. The number of imide groups is 1. The molecule has 1 saturated heterocycles. The highest BCUT2D eigenvalue weighted by Crippen LogP contribution is 2.36. The molecule has 0 spiro atoms. The van der Waals surface area contributed by atoms with Gasteiger partial charge in [-0.3, -0.25) is 14.4 Å². The molecule has 194 valence electrons. The zero-order valence-corrected chi connectivity index (χ0v) is 21.8. The summed E-state index contributed by atoms with van der Waals surface area (Å²) in [5, 5.41) is 5.59. The van der Waals surface area contributed by atoms with E-state index in [2.05, 4.69) is 15.5 Å². The Morgan fingerprint density at radius 2 is 1.66 bits per heavy atom. The van der Waals surface area contributed by atoms with E-state index in [4.69, 9.17) is 16.3 Å². The minimum atomic E-state index is -0.658. The van der Waals surface area contributed by atoms with E-state index in [-0.39, 0.29) is 16.6 Å². The number of carbonyl (C=O) groups excluding carboxylic acids is 3. The molecule has 2 aliphatic rings.